The lowest BCUT2D eigenvalue weighted by atomic mass is 9.90. The SMILES string of the molecule is COc1cc2c(cc1OC)[C@H](CC=O)N(C(=O)OCc1ccccc1)CC2. The molecule has 1 aliphatic heterocycles. The molecule has 0 unspecified atom stereocenters. The Morgan fingerprint density at radius 1 is 1.15 bits per heavy atom. The standard InChI is InChI=1S/C21H23NO5/c1-25-19-12-16-8-10-22(18(9-11-23)17(16)13-20(19)26-2)21(24)27-14-15-6-4-3-5-7-15/h3-7,11-13,18H,8-10,14H2,1-2H3/t18-/m0/s1. The van der Waals surface area contributed by atoms with Crippen LogP contribution in [0, 0.1) is 0 Å². The van der Waals surface area contributed by atoms with Crippen LogP contribution in [-0.2, 0) is 22.6 Å². The Balaban J connectivity index is 1.82. The maximum Gasteiger partial charge on any atom is 0.410 e. The Bertz CT molecular complexity index is 806. The lowest BCUT2D eigenvalue weighted by Gasteiger charge is -2.36. The van der Waals surface area contributed by atoms with E-state index in [1.807, 2.05) is 42.5 Å². The third-order valence-electron chi connectivity index (χ3n) is 4.76. The number of nitrogens with zero attached hydrogens (tertiary/aromatic N) is 1. The summed E-state index contributed by atoms with van der Waals surface area (Å²) in [5, 5.41) is 0. The molecule has 3 rings (SSSR count). The molecule has 0 saturated heterocycles. The van der Waals surface area contributed by atoms with Crippen LogP contribution in [0.25, 0.3) is 0 Å². The van der Waals surface area contributed by atoms with Crippen molar-refractivity contribution >= 4 is 12.4 Å². The topological polar surface area (TPSA) is 65.1 Å². The molecule has 6 nitrogen and oxygen atoms in total. The highest BCUT2D eigenvalue weighted by molar-refractivity contribution is 5.70. The van der Waals surface area contributed by atoms with Crippen molar-refractivity contribution in [2.45, 2.75) is 25.5 Å². The van der Waals surface area contributed by atoms with Crippen molar-refractivity contribution in [1.29, 1.82) is 0 Å². The number of aldehydes is 1. The van der Waals surface area contributed by atoms with Crippen molar-refractivity contribution in [3.63, 3.8) is 0 Å². The fraction of sp³-hybridized carbons (Fsp3) is 0.333. The zero-order valence-electron chi connectivity index (χ0n) is 15.5. The fourth-order valence-electron chi connectivity index (χ4n) is 3.39. The van der Waals surface area contributed by atoms with Gasteiger partial charge in [-0.1, -0.05) is 30.3 Å². The monoisotopic (exact) mass is 369 g/mol. The molecule has 27 heavy (non-hydrogen) atoms. The minimum atomic E-state index is -0.425. The number of amides is 1. The number of benzene rings is 2. The van der Waals surface area contributed by atoms with Gasteiger partial charge in [0.1, 0.15) is 12.9 Å². The summed E-state index contributed by atoms with van der Waals surface area (Å²) in [4.78, 5) is 25.6. The second-order valence-corrected chi connectivity index (χ2v) is 6.31. The van der Waals surface area contributed by atoms with Crippen LogP contribution in [0.5, 0.6) is 11.5 Å². The Kier molecular flexibility index (Phi) is 5.96. The van der Waals surface area contributed by atoms with Crippen LogP contribution in [0.4, 0.5) is 4.79 Å². The van der Waals surface area contributed by atoms with Gasteiger partial charge in [0.15, 0.2) is 11.5 Å². The van der Waals surface area contributed by atoms with Gasteiger partial charge in [-0.3, -0.25) is 0 Å². The first kappa shape index (κ1) is 18.8. The fourth-order valence-corrected chi connectivity index (χ4v) is 3.39. The van der Waals surface area contributed by atoms with Crippen LogP contribution in [0.1, 0.15) is 29.2 Å². The third-order valence-corrected chi connectivity index (χ3v) is 4.76. The van der Waals surface area contributed by atoms with Gasteiger partial charge in [0, 0.05) is 13.0 Å². The smallest absolute Gasteiger partial charge is 0.410 e. The van der Waals surface area contributed by atoms with E-state index in [9.17, 15) is 9.59 Å². The molecule has 0 saturated carbocycles. The number of hydrogen-bond acceptors (Lipinski definition) is 5. The molecule has 1 atom stereocenters. The molecule has 0 aromatic heterocycles. The molecule has 0 N–H and O–H groups in total. The normalized spacial score (nSPS) is 15.6. The molecule has 0 spiro atoms. The summed E-state index contributed by atoms with van der Waals surface area (Å²) in [5.41, 5.74) is 2.86. The van der Waals surface area contributed by atoms with Gasteiger partial charge in [0.2, 0.25) is 0 Å². The molecule has 0 radical (unpaired) electrons. The second kappa shape index (κ2) is 8.58. The Morgan fingerprint density at radius 2 is 1.85 bits per heavy atom. The number of carbonyl (C=O) groups is 2. The van der Waals surface area contributed by atoms with E-state index in [0.717, 1.165) is 23.0 Å². The average molecular weight is 369 g/mol. The molecule has 142 valence electrons. The first-order chi connectivity index (χ1) is 13.2. The molecule has 0 aliphatic carbocycles. The summed E-state index contributed by atoms with van der Waals surface area (Å²) in [6.07, 6.45) is 1.26. The number of hydrogen-bond donors (Lipinski definition) is 0. The minimum Gasteiger partial charge on any atom is -0.493 e. The highest BCUT2D eigenvalue weighted by atomic mass is 16.6. The molecule has 2 aromatic carbocycles. The lowest BCUT2D eigenvalue weighted by molar-refractivity contribution is -0.108. The van der Waals surface area contributed by atoms with E-state index in [4.69, 9.17) is 14.2 Å². The Hall–Kier alpha value is -3.02. The molecular weight excluding hydrogens is 346 g/mol. The zero-order chi connectivity index (χ0) is 19.2. The van der Waals surface area contributed by atoms with Crippen LogP contribution in [0.2, 0.25) is 0 Å². The van der Waals surface area contributed by atoms with Crippen molar-refractivity contribution in [2.24, 2.45) is 0 Å². The van der Waals surface area contributed by atoms with Crippen molar-refractivity contribution in [3.05, 3.63) is 59.2 Å². The summed E-state index contributed by atoms with van der Waals surface area (Å²) in [7, 11) is 3.15. The van der Waals surface area contributed by atoms with Gasteiger partial charge in [-0.25, -0.2) is 4.79 Å². The van der Waals surface area contributed by atoms with Gasteiger partial charge in [0.25, 0.3) is 0 Å². The van der Waals surface area contributed by atoms with E-state index in [1.165, 1.54) is 0 Å². The summed E-state index contributed by atoms with van der Waals surface area (Å²) >= 11 is 0. The van der Waals surface area contributed by atoms with Crippen molar-refractivity contribution < 1.29 is 23.8 Å². The van der Waals surface area contributed by atoms with Gasteiger partial charge in [-0.15, -0.1) is 0 Å². The number of carbonyl (C=O) groups excluding carboxylic acids is 2. The summed E-state index contributed by atoms with van der Waals surface area (Å²) in [6, 6.07) is 12.9. The Labute approximate surface area is 158 Å². The van der Waals surface area contributed by atoms with Gasteiger partial charge >= 0.3 is 6.09 Å². The van der Waals surface area contributed by atoms with Crippen LogP contribution < -0.4 is 9.47 Å². The first-order valence-corrected chi connectivity index (χ1v) is 8.83. The summed E-state index contributed by atoms with van der Waals surface area (Å²) < 4.78 is 16.2. The Morgan fingerprint density at radius 3 is 2.52 bits per heavy atom. The van der Waals surface area contributed by atoms with E-state index in [1.54, 1.807) is 19.1 Å². The van der Waals surface area contributed by atoms with Gasteiger partial charge < -0.3 is 23.9 Å². The van der Waals surface area contributed by atoms with E-state index < -0.39 is 6.09 Å². The van der Waals surface area contributed by atoms with E-state index in [-0.39, 0.29) is 19.1 Å². The highest BCUT2D eigenvalue weighted by Crippen LogP contribution is 2.39. The highest BCUT2D eigenvalue weighted by Gasteiger charge is 2.32. The number of rotatable bonds is 6. The molecule has 2 aromatic rings. The maximum atomic E-state index is 12.7. The largest absolute Gasteiger partial charge is 0.493 e. The summed E-state index contributed by atoms with van der Waals surface area (Å²) in [6.45, 7) is 0.678. The third kappa shape index (κ3) is 4.05. The lowest BCUT2D eigenvalue weighted by Crippen LogP contribution is -2.40. The number of methoxy groups -OCH3 is 2. The number of fused-ring (bicyclic) bond motifs is 1. The quantitative estimate of drug-likeness (QED) is 0.729. The van der Waals surface area contributed by atoms with Crippen LogP contribution in [0.15, 0.2) is 42.5 Å². The molecule has 1 amide bonds. The van der Waals surface area contributed by atoms with Gasteiger partial charge in [-0.2, -0.15) is 0 Å². The second-order valence-electron chi connectivity index (χ2n) is 6.31. The molecule has 1 heterocycles. The maximum absolute atomic E-state index is 12.7. The van der Waals surface area contributed by atoms with Crippen LogP contribution >= 0.6 is 0 Å². The van der Waals surface area contributed by atoms with E-state index >= 15 is 0 Å². The molecule has 1 aliphatic rings. The van der Waals surface area contributed by atoms with Crippen molar-refractivity contribution in [2.75, 3.05) is 20.8 Å². The van der Waals surface area contributed by atoms with Crippen molar-refractivity contribution in [3.8, 4) is 11.5 Å². The molecule has 0 bridgehead atoms. The molecule has 0 fully saturated rings. The molecular formula is C21H23NO5. The number of ether oxygens (including phenoxy) is 3. The zero-order valence-corrected chi connectivity index (χ0v) is 15.5. The van der Waals surface area contributed by atoms with Gasteiger partial charge in [0.05, 0.1) is 20.3 Å². The minimum absolute atomic E-state index is 0.197. The van der Waals surface area contributed by atoms with Crippen LogP contribution in [0.3, 0.4) is 0 Å². The predicted molar refractivity (Wildman–Crippen MR) is 100 cm³/mol. The van der Waals surface area contributed by atoms with Crippen LogP contribution in [-0.4, -0.2) is 38.0 Å². The van der Waals surface area contributed by atoms with E-state index in [2.05, 4.69) is 0 Å². The molecule has 6 heteroatoms. The van der Waals surface area contributed by atoms with Gasteiger partial charge in [-0.05, 0) is 35.2 Å². The van der Waals surface area contributed by atoms with E-state index in [0.29, 0.717) is 24.5 Å². The van der Waals surface area contributed by atoms with Crippen molar-refractivity contribution in [1.82, 2.24) is 4.90 Å². The summed E-state index contributed by atoms with van der Waals surface area (Å²) in [5.74, 6) is 1.22. The predicted octanol–water partition coefficient (Wildman–Crippen LogP) is 3.53. The first-order valence-electron chi connectivity index (χ1n) is 8.83. The average Bonchev–Trinajstić information content (AvgIpc) is 2.72.